The summed E-state index contributed by atoms with van der Waals surface area (Å²) in [5.41, 5.74) is 0. The van der Waals surface area contributed by atoms with Gasteiger partial charge in [-0.25, -0.2) is 14.4 Å². The number of likely N-dealkylation sites (tertiary alicyclic amines) is 1. The number of hydrogen-bond donors (Lipinski definition) is 4. The number of carbonyl (C=O) groups is 3. The van der Waals surface area contributed by atoms with E-state index in [9.17, 15) is 19.5 Å². The SMILES string of the molecule is O=C(O)/C=C/C(=O)O.O=C1NCCCN1C1CCN(CC(O)COc2ccccc2Cl)CC1. The number of nitrogens with one attached hydrogen (secondary N) is 1. The lowest BCUT2D eigenvalue weighted by Gasteiger charge is -2.40. The van der Waals surface area contributed by atoms with Gasteiger partial charge in [-0.05, 0) is 31.4 Å². The molecule has 1 aromatic carbocycles. The Morgan fingerprint density at radius 1 is 1.15 bits per heavy atom. The first-order valence-electron chi connectivity index (χ1n) is 10.7. The van der Waals surface area contributed by atoms with Gasteiger partial charge in [-0.3, -0.25) is 0 Å². The molecule has 1 atom stereocenters. The minimum absolute atomic E-state index is 0.0675. The highest BCUT2D eigenvalue weighted by Gasteiger charge is 2.29. The van der Waals surface area contributed by atoms with Crippen LogP contribution in [0, 0.1) is 0 Å². The zero-order chi connectivity index (χ0) is 24.2. The van der Waals surface area contributed by atoms with Gasteiger partial charge in [-0.15, -0.1) is 0 Å². The Balaban J connectivity index is 0.000000414. The van der Waals surface area contributed by atoms with Gasteiger partial charge < -0.3 is 35.2 Å². The molecule has 2 amide bonds. The summed E-state index contributed by atoms with van der Waals surface area (Å²) in [4.78, 5) is 35.2. The number of amides is 2. The molecule has 3 rings (SSSR count). The number of aliphatic carboxylic acids is 2. The minimum atomic E-state index is -1.26. The van der Waals surface area contributed by atoms with E-state index < -0.39 is 18.0 Å². The summed E-state index contributed by atoms with van der Waals surface area (Å²) in [5, 5.41) is 29.3. The summed E-state index contributed by atoms with van der Waals surface area (Å²) in [7, 11) is 0. The zero-order valence-electron chi connectivity index (χ0n) is 18.2. The number of aliphatic hydroxyl groups is 1. The molecular formula is C22H30ClN3O7. The maximum Gasteiger partial charge on any atom is 0.328 e. The number of urea groups is 1. The Labute approximate surface area is 197 Å². The largest absolute Gasteiger partial charge is 0.489 e. The lowest BCUT2D eigenvalue weighted by atomic mass is 10.0. The molecule has 2 fully saturated rings. The molecule has 2 heterocycles. The van der Waals surface area contributed by atoms with Gasteiger partial charge >= 0.3 is 18.0 Å². The van der Waals surface area contributed by atoms with E-state index in [0.717, 1.165) is 45.4 Å². The zero-order valence-corrected chi connectivity index (χ0v) is 19.0. The molecule has 11 heteroatoms. The molecule has 10 nitrogen and oxygen atoms in total. The highest BCUT2D eigenvalue weighted by atomic mass is 35.5. The summed E-state index contributed by atoms with van der Waals surface area (Å²) in [5.74, 6) is -1.92. The number of carboxylic acids is 2. The smallest absolute Gasteiger partial charge is 0.328 e. The van der Waals surface area contributed by atoms with Crippen LogP contribution in [0.2, 0.25) is 5.02 Å². The van der Waals surface area contributed by atoms with Crippen molar-refractivity contribution in [1.82, 2.24) is 15.1 Å². The van der Waals surface area contributed by atoms with E-state index in [0.29, 0.717) is 35.5 Å². The number of para-hydroxylation sites is 1. The number of carbonyl (C=O) groups excluding carboxylic acids is 1. The van der Waals surface area contributed by atoms with Gasteiger partial charge in [-0.1, -0.05) is 23.7 Å². The Kier molecular flexibility index (Phi) is 10.9. The normalized spacial score (nSPS) is 18.2. The Bertz CT molecular complexity index is 812. The summed E-state index contributed by atoms with van der Waals surface area (Å²) < 4.78 is 5.60. The Morgan fingerprint density at radius 2 is 1.79 bits per heavy atom. The topological polar surface area (TPSA) is 140 Å². The maximum atomic E-state index is 11.9. The number of carboxylic acid groups (broad SMARTS) is 2. The van der Waals surface area contributed by atoms with Gasteiger partial charge in [0.1, 0.15) is 18.5 Å². The molecule has 0 radical (unpaired) electrons. The van der Waals surface area contributed by atoms with E-state index >= 15 is 0 Å². The van der Waals surface area contributed by atoms with E-state index in [1.54, 1.807) is 12.1 Å². The minimum Gasteiger partial charge on any atom is -0.489 e. The van der Waals surface area contributed by atoms with Crippen molar-refractivity contribution in [3.8, 4) is 5.75 Å². The molecule has 2 aliphatic heterocycles. The van der Waals surface area contributed by atoms with Crippen LogP contribution in [0.1, 0.15) is 19.3 Å². The van der Waals surface area contributed by atoms with Crippen molar-refractivity contribution in [3.63, 3.8) is 0 Å². The molecule has 182 valence electrons. The van der Waals surface area contributed by atoms with Crippen LogP contribution in [0.25, 0.3) is 0 Å². The monoisotopic (exact) mass is 483 g/mol. The molecule has 0 aliphatic carbocycles. The fraction of sp³-hybridized carbons (Fsp3) is 0.500. The number of hydrogen-bond acceptors (Lipinski definition) is 6. The third kappa shape index (κ3) is 9.68. The fourth-order valence-corrected chi connectivity index (χ4v) is 3.84. The van der Waals surface area contributed by atoms with Gasteiger partial charge in [0.2, 0.25) is 0 Å². The summed E-state index contributed by atoms with van der Waals surface area (Å²) in [6.07, 6.45) is 3.47. The molecule has 0 saturated carbocycles. The first kappa shape index (κ1) is 26.4. The Morgan fingerprint density at radius 3 is 2.36 bits per heavy atom. The fourth-order valence-electron chi connectivity index (χ4n) is 3.65. The van der Waals surface area contributed by atoms with Crippen molar-refractivity contribution in [1.29, 1.82) is 0 Å². The van der Waals surface area contributed by atoms with Gasteiger partial charge in [0, 0.05) is 50.9 Å². The predicted molar refractivity (Wildman–Crippen MR) is 122 cm³/mol. The highest BCUT2D eigenvalue weighted by Crippen LogP contribution is 2.23. The standard InChI is InChI=1S/C18H26ClN3O3.C4H4O4/c19-16-4-1-2-5-17(16)25-13-15(23)12-21-10-6-14(7-11-21)22-9-3-8-20-18(22)24;5-3(6)1-2-4(7)8/h1-2,4-5,14-15,23H,3,6-13H2,(H,20,24);1-2H,(H,5,6)(H,7,8)/b;2-1+. The summed E-state index contributed by atoms with van der Waals surface area (Å²) >= 11 is 6.05. The molecule has 0 spiro atoms. The van der Waals surface area contributed by atoms with E-state index in [2.05, 4.69) is 10.2 Å². The number of aliphatic hydroxyl groups excluding tert-OH is 1. The number of nitrogens with zero attached hydrogens (tertiary/aromatic N) is 2. The molecule has 33 heavy (non-hydrogen) atoms. The first-order valence-corrected chi connectivity index (χ1v) is 11.1. The molecule has 1 unspecified atom stereocenters. The molecule has 1 aromatic rings. The van der Waals surface area contributed by atoms with Crippen molar-refractivity contribution in [2.45, 2.75) is 31.4 Å². The number of benzene rings is 1. The second-order valence-corrected chi connectivity index (χ2v) is 8.12. The van der Waals surface area contributed by atoms with E-state index in [1.807, 2.05) is 17.0 Å². The quantitative estimate of drug-likeness (QED) is 0.409. The average molecular weight is 484 g/mol. The van der Waals surface area contributed by atoms with Crippen LogP contribution in [0.15, 0.2) is 36.4 Å². The summed E-state index contributed by atoms with van der Waals surface area (Å²) in [6, 6.07) is 7.65. The van der Waals surface area contributed by atoms with Gasteiger partial charge in [-0.2, -0.15) is 0 Å². The molecule has 2 aliphatic rings. The number of ether oxygens (including phenoxy) is 1. The van der Waals surface area contributed by atoms with Crippen molar-refractivity contribution in [3.05, 3.63) is 41.4 Å². The van der Waals surface area contributed by atoms with Crippen LogP contribution in [0.4, 0.5) is 4.79 Å². The predicted octanol–water partition coefficient (Wildman–Crippen LogP) is 1.67. The molecule has 0 aromatic heterocycles. The lowest BCUT2D eigenvalue weighted by Crippen LogP contribution is -2.54. The van der Waals surface area contributed by atoms with Crippen LogP contribution in [-0.4, -0.2) is 94.6 Å². The molecule has 2 saturated heterocycles. The van der Waals surface area contributed by atoms with Crippen molar-refractivity contribution in [2.24, 2.45) is 0 Å². The van der Waals surface area contributed by atoms with E-state index in [1.165, 1.54) is 0 Å². The number of halogens is 1. The number of rotatable bonds is 8. The van der Waals surface area contributed by atoms with Crippen LogP contribution < -0.4 is 10.1 Å². The number of piperidine rings is 1. The maximum absolute atomic E-state index is 11.9. The highest BCUT2D eigenvalue weighted by molar-refractivity contribution is 6.32. The lowest BCUT2D eigenvalue weighted by molar-refractivity contribution is -0.134. The van der Waals surface area contributed by atoms with Gasteiger partial charge in [0.25, 0.3) is 0 Å². The van der Waals surface area contributed by atoms with Crippen LogP contribution in [0.3, 0.4) is 0 Å². The van der Waals surface area contributed by atoms with Crippen LogP contribution >= 0.6 is 11.6 Å². The second-order valence-electron chi connectivity index (χ2n) is 7.72. The van der Waals surface area contributed by atoms with Crippen molar-refractivity contribution >= 4 is 29.6 Å². The van der Waals surface area contributed by atoms with Crippen molar-refractivity contribution < 1.29 is 34.4 Å². The second kappa shape index (κ2) is 13.7. The van der Waals surface area contributed by atoms with Crippen LogP contribution in [0.5, 0.6) is 5.75 Å². The Hall–Kier alpha value is -2.82. The molecule has 4 N–H and O–H groups in total. The van der Waals surface area contributed by atoms with E-state index in [-0.39, 0.29) is 12.6 Å². The third-order valence-corrected chi connectivity index (χ3v) is 5.53. The van der Waals surface area contributed by atoms with E-state index in [4.69, 9.17) is 26.6 Å². The summed E-state index contributed by atoms with van der Waals surface area (Å²) in [6.45, 7) is 4.20. The van der Waals surface area contributed by atoms with Gasteiger partial charge in [0.15, 0.2) is 0 Å². The van der Waals surface area contributed by atoms with Crippen LogP contribution in [-0.2, 0) is 9.59 Å². The third-order valence-electron chi connectivity index (χ3n) is 5.22. The molecular weight excluding hydrogens is 454 g/mol. The average Bonchev–Trinajstić information content (AvgIpc) is 2.79. The van der Waals surface area contributed by atoms with Gasteiger partial charge in [0.05, 0.1) is 5.02 Å². The van der Waals surface area contributed by atoms with Crippen molar-refractivity contribution in [2.75, 3.05) is 39.3 Å². The first-order chi connectivity index (χ1) is 15.8. The number of β-amino-alcohol motifs (C(OH)–C–C–N with tert-alkyl or cyclic N) is 1. The molecule has 0 bridgehead atoms.